The first-order valence-corrected chi connectivity index (χ1v) is 14.6. The Bertz CT molecular complexity index is 972. The lowest BCUT2D eigenvalue weighted by Crippen LogP contribution is -2.43. The molecule has 244 valence electrons. The van der Waals surface area contributed by atoms with Gasteiger partial charge in [-0.1, -0.05) is 36.9 Å². The molecule has 15 nitrogen and oxygen atoms in total. The minimum Gasteiger partial charge on any atom is -0.496 e. The summed E-state index contributed by atoms with van der Waals surface area (Å²) in [6.45, 7) is 7.02. The van der Waals surface area contributed by atoms with Gasteiger partial charge in [0.05, 0.1) is 13.2 Å². The Morgan fingerprint density at radius 2 is 1.12 bits per heavy atom. The van der Waals surface area contributed by atoms with Gasteiger partial charge in [-0.2, -0.15) is 0 Å². The molecule has 0 aliphatic carbocycles. The van der Waals surface area contributed by atoms with E-state index in [1.165, 1.54) is 19.4 Å². The van der Waals surface area contributed by atoms with E-state index < -0.39 is 49.9 Å². The van der Waals surface area contributed by atoms with E-state index in [2.05, 4.69) is 41.4 Å². The third-order valence-electron chi connectivity index (χ3n) is 5.15. The molecule has 0 aromatic rings. The van der Waals surface area contributed by atoms with E-state index in [0.717, 1.165) is 0 Å². The molecule has 0 aromatic carbocycles. The lowest BCUT2D eigenvalue weighted by molar-refractivity contribution is -0.177. The highest BCUT2D eigenvalue weighted by Crippen LogP contribution is 2.26. The van der Waals surface area contributed by atoms with Crippen LogP contribution in [0.25, 0.3) is 0 Å². The fourth-order valence-corrected chi connectivity index (χ4v) is 2.90. The minimum absolute atomic E-state index is 0.0224. The lowest BCUT2D eigenvalue weighted by Gasteiger charge is -2.28. The summed E-state index contributed by atoms with van der Waals surface area (Å²) in [7, 11) is 0. The van der Waals surface area contributed by atoms with E-state index in [1.54, 1.807) is 27.7 Å². The number of carbonyl (C=O) groups is 6. The predicted octanol–water partition coefficient (Wildman–Crippen LogP) is 2.71. The Morgan fingerprint density at radius 1 is 0.674 bits per heavy atom. The van der Waals surface area contributed by atoms with Gasteiger partial charge < -0.3 is 33.2 Å². The number of ether oxygens (including phenoxy) is 7. The van der Waals surface area contributed by atoms with Crippen molar-refractivity contribution in [2.45, 2.75) is 56.1 Å². The summed E-state index contributed by atoms with van der Waals surface area (Å²) in [5, 5.41) is 0.373. The van der Waals surface area contributed by atoms with Crippen molar-refractivity contribution >= 4 is 67.7 Å². The molecule has 0 N–H and O–H groups in total. The van der Waals surface area contributed by atoms with Gasteiger partial charge in [-0.3, -0.25) is 28.8 Å². The van der Waals surface area contributed by atoms with Gasteiger partial charge in [-0.15, -0.1) is 0 Å². The maximum atomic E-state index is 12.8. The van der Waals surface area contributed by atoms with Crippen LogP contribution in [0.1, 0.15) is 47.5 Å². The number of hydrogen-bond donors (Lipinski definition) is 0. The zero-order chi connectivity index (χ0) is 32.7. The van der Waals surface area contributed by atoms with Crippen molar-refractivity contribution < 1.29 is 66.8 Å². The standard InChI is InChI=1S/C26H37Br2NO14/c1-24(2,27)20(32)41-16-26(5,17-42-21(33)25(3,4)28)22(34)39-14-12-37-10-8-36-9-11-38-13-15-40-23(35)43-29-18(30)6-7-19(29)31/h9,11H,6-8,10,12-17H2,1-5H3/b11-9+. The van der Waals surface area contributed by atoms with Crippen LogP contribution in [0.15, 0.2) is 12.5 Å². The number of imide groups is 1. The third kappa shape index (κ3) is 14.9. The van der Waals surface area contributed by atoms with Crippen LogP contribution in [-0.4, -0.2) is 102 Å². The first kappa shape index (κ1) is 38.1. The molecule has 1 aliphatic rings. The summed E-state index contributed by atoms with van der Waals surface area (Å²) in [5.41, 5.74) is -1.47. The van der Waals surface area contributed by atoms with Gasteiger partial charge in [0.15, 0.2) is 0 Å². The Hall–Kier alpha value is -2.92. The number of carbonyl (C=O) groups excluding carboxylic acids is 6. The van der Waals surface area contributed by atoms with Crippen molar-refractivity contribution in [1.82, 2.24) is 5.06 Å². The molecule has 0 atom stereocenters. The Morgan fingerprint density at radius 3 is 1.60 bits per heavy atom. The molecule has 43 heavy (non-hydrogen) atoms. The predicted molar refractivity (Wildman–Crippen MR) is 152 cm³/mol. The largest absolute Gasteiger partial charge is 0.534 e. The van der Waals surface area contributed by atoms with Gasteiger partial charge >= 0.3 is 24.1 Å². The Balaban J connectivity index is 2.26. The number of hydrogen-bond acceptors (Lipinski definition) is 14. The van der Waals surface area contributed by atoms with E-state index >= 15 is 0 Å². The highest BCUT2D eigenvalue weighted by molar-refractivity contribution is 9.10. The molecule has 0 unspecified atom stereocenters. The number of nitrogens with zero attached hydrogens (tertiary/aromatic N) is 1. The van der Waals surface area contributed by atoms with Crippen molar-refractivity contribution in [3.05, 3.63) is 12.5 Å². The average Bonchev–Trinajstić information content (AvgIpc) is 3.23. The van der Waals surface area contributed by atoms with Crippen molar-refractivity contribution in [1.29, 1.82) is 0 Å². The van der Waals surface area contributed by atoms with Crippen LogP contribution in [0.3, 0.4) is 0 Å². The van der Waals surface area contributed by atoms with Gasteiger partial charge in [0.2, 0.25) is 0 Å². The fraction of sp³-hybridized carbons (Fsp3) is 0.692. The molecule has 2 amide bonds. The van der Waals surface area contributed by atoms with Crippen LogP contribution in [0.5, 0.6) is 0 Å². The van der Waals surface area contributed by atoms with E-state index in [-0.39, 0.29) is 65.7 Å². The molecule has 0 bridgehead atoms. The molecule has 1 heterocycles. The minimum atomic E-state index is -1.47. The number of hydroxylamine groups is 2. The van der Waals surface area contributed by atoms with E-state index in [0.29, 0.717) is 5.06 Å². The quantitative estimate of drug-likeness (QED) is 0.0470. The lowest BCUT2D eigenvalue weighted by atomic mass is 9.93. The Labute approximate surface area is 265 Å². The smallest absolute Gasteiger partial charge is 0.496 e. The monoisotopic (exact) mass is 745 g/mol. The molecule has 0 radical (unpaired) electrons. The van der Waals surface area contributed by atoms with Gasteiger partial charge in [0, 0.05) is 12.8 Å². The molecule has 1 aliphatic heterocycles. The summed E-state index contributed by atoms with van der Waals surface area (Å²) in [6.07, 6.45) is 1.19. The maximum absolute atomic E-state index is 12.8. The second kappa shape index (κ2) is 18.0. The topological polar surface area (TPSA) is 180 Å². The molecule has 0 spiro atoms. The van der Waals surface area contributed by atoms with Gasteiger partial charge in [0.25, 0.3) is 11.8 Å². The van der Waals surface area contributed by atoms with Crippen LogP contribution in [0.2, 0.25) is 0 Å². The SMILES string of the molecule is CC(C)(Br)C(=O)OCC(C)(COC(=O)C(C)(C)Br)C(=O)OCCOCCO/C=C/OCCOC(=O)ON1C(=O)CCC1=O. The summed E-state index contributed by atoms with van der Waals surface area (Å²) < 4.78 is 34.1. The fourth-order valence-electron chi connectivity index (χ4n) is 2.68. The average molecular weight is 747 g/mol. The molecular weight excluding hydrogens is 710 g/mol. The van der Waals surface area contributed by atoms with Crippen molar-refractivity contribution in [3.63, 3.8) is 0 Å². The number of halogens is 2. The third-order valence-corrected chi connectivity index (χ3v) is 5.80. The van der Waals surface area contributed by atoms with E-state index in [4.69, 9.17) is 28.4 Å². The van der Waals surface area contributed by atoms with E-state index in [9.17, 15) is 28.8 Å². The van der Waals surface area contributed by atoms with Crippen LogP contribution >= 0.6 is 31.9 Å². The van der Waals surface area contributed by atoms with Gasteiger partial charge in [0.1, 0.15) is 66.2 Å². The Kier molecular flexibility index (Phi) is 16.0. The number of amides is 2. The molecule has 1 saturated heterocycles. The van der Waals surface area contributed by atoms with Gasteiger partial charge in [-0.05, 0) is 34.6 Å². The van der Waals surface area contributed by atoms with Crippen LogP contribution in [0.4, 0.5) is 4.79 Å². The molecular formula is C26H37Br2NO14. The van der Waals surface area contributed by atoms with Crippen molar-refractivity contribution in [2.24, 2.45) is 5.41 Å². The highest BCUT2D eigenvalue weighted by atomic mass is 79.9. The van der Waals surface area contributed by atoms with Crippen molar-refractivity contribution in [3.8, 4) is 0 Å². The van der Waals surface area contributed by atoms with Crippen LogP contribution < -0.4 is 0 Å². The maximum Gasteiger partial charge on any atom is 0.534 e. The van der Waals surface area contributed by atoms with Crippen LogP contribution in [-0.2, 0) is 62.0 Å². The van der Waals surface area contributed by atoms with Crippen molar-refractivity contribution in [2.75, 3.05) is 52.9 Å². The number of rotatable bonds is 19. The zero-order valence-corrected chi connectivity index (χ0v) is 27.8. The zero-order valence-electron chi connectivity index (χ0n) is 24.6. The molecule has 0 aromatic heterocycles. The first-order chi connectivity index (χ1) is 20.0. The normalized spacial score (nSPS) is 14.0. The number of alkyl halides is 2. The van der Waals surface area contributed by atoms with E-state index in [1.807, 2.05) is 0 Å². The second-order valence-corrected chi connectivity index (χ2v) is 14.2. The molecule has 1 rings (SSSR count). The summed E-state index contributed by atoms with van der Waals surface area (Å²) in [6, 6.07) is 0. The molecule has 17 heteroatoms. The summed E-state index contributed by atoms with van der Waals surface area (Å²) in [4.78, 5) is 75.9. The number of esters is 3. The van der Waals surface area contributed by atoms with Crippen LogP contribution in [0, 0.1) is 5.41 Å². The second-order valence-electron chi connectivity index (χ2n) is 10.2. The molecule has 1 fully saturated rings. The highest BCUT2D eigenvalue weighted by Gasteiger charge is 2.41. The molecule has 0 saturated carbocycles. The summed E-state index contributed by atoms with van der Waals surface area (Å²) >= 11 is 6.39. The van der Waals surface area contributed by atoms with Gasteiger partial charge in [-0.25, -0.2) is 4.79 Å². The first-order valence-electron chi connectivity index (χ1n) is 13.0. The summed E-state index contributed by atoms with van der Waals surface area (Å²) in [5.74, 6) is -3.19.